The maximum absolute atomic E-state index is 3.19. The summed E-state index contributed by atoms with van der Waals surface area (Å²) in [5, 5.41) is 3.19. The van der Waals surface area contributed by atoms with Crippen LogP contribution in [0.15, 0.2) is 0 Å². The zero-order valence-corrected chi connectivity index (χ0v) is 5.07. The first-order valence-corrected chi connectivity index (χ1v) is 2.94. The molecule has 1 rings (SSSR count). The Bertz CT molecular complexity index is 20.4. The average Bonchev–Trinajstić information content (AvgIpc) is 1.76. The van der Waals surface area contributed by atoms with E-state index in [0.29, 0.717) is 0 Å². The van der Waals surface area contributed by atoms with Gasteiger partial charge in [0, 0.05) is 31.7 Å². The van der Waals surface area contributed by atoms with Crippen LogP contribution >= 0.6 is 25.3 Å². The number of thioether (sulfide) groups is 1. The number of hydrogen-bond donors (Lipinski definition) is 1. The van der Waals surface area contributed by atoms with Crippen molar-refractivity contribution in [1.29, 1.82) is 0 Å². The van der Waals surface area contributed by atoms with Gasteiger partial charge in [-0.15, -0.1) is 11.8 Å². The van der Waals surface area contributed by atoms with Crippen LogP contribution in [0.5, 0.6) is 0 Å². The van der Waals surface area contributed by atoms with Crippen LogP contribution in [0.3, 0.4) is 0 Å². The summed E-state index contributed by atoms with van der Waals surface area (Å²) in [6.45, 7) is 1.21. The van der Waals surface area contributed by atoms with Gasteiger partial charge in [0.15, 0.2) is 0 Å². The van der Waals surface area contributed by atoms with Crippen molar-refractivity contribution in [2.45, 2.75) is 0 Å². The molecule has 0 bridgehead atoms. The van der Waals surface area contributed by atoms with Gasteiger partial charge in [-0.2, -0.15) is 0 Å². The van der Waals surface area contributed by atoms with E-state index in [0.717, 1.165) is 0 Å². The lowest BCUT2D eigenvalue weighted by Crippen LogP contribution is -2.04. The van der Waals surface area contributed by atoms with E-state index in [2.05, 4.69) is 5.32 Å². The summed E-state index contributed by atoms with van der Waals surface area (Å²) < 4.78 is 0. The van der Waals surface area contributed by atoms with E-state index in [1.54, 1.807) is 0 Å². The van der Waals surface area contributed by atoms with Crippen LogP contribution in [-0.4, -0.2) is 18.2 Å². The molecule has 0 aromatic carbocycles. The SMILES string of the molecule is C1CSCN1.[S]. The third-order valence-corrected chi connectivity index (χ3v) is 1.53. The smallest absolute Gasteiger partial charge is 0.0418 e. The zero-order valence-electron chi connectivity index (χ0n) is 3.44. The summed E-state index contributed by atoms with van der Waals surface area (Å²) >= 11 is 1.96. The molecular formula is C3H7NS2. The predicted molar refractivity (Wildman–Crippen MR) is 32.9 cm³/mol. The second kappa shape index (κ2) is 3.84. The lowest BCUT2D eigenvalue weighted by Gasteiger charge is -1.74. The van der Waals surface area contributed by atoms with Gasteiger partial charge < -0.3 is 5.32 Å². The molecule has 1 saturated heterocycles. The van der Waals surface area contributed by atoms with Crippen molar-refractivity contribution in [3.05, 3.63) is 0 Å². The maximum Gasteiger partial charge on any atom is 0.0418 e. The molecule has 1 N–H and O–H groups in total. The van der Waals surface area contributed by atoms with Crippen molar-refractivity contribution in [1.82, 2.24) is 5.32 Å². The number of nitrogens with one attached hydrogen (secondary N) is 1. The normalized spacial score (nSPS) is 20.0. The predicted octanol–water partition coefficient (Wildman–Crippen LogP) is 0.929. The maximum atomic E-state index is 3.19. The Balaban J connectivity index is 0.000000250. The number of hydrogen-bond acceptors (Lipinski definition) is 2. The van der Waals surface area contributed by atoms with Gasteiger partial charge in [0.2, 0.25) is 0 Å². The fraction of sp³-hybridized carbons (Fsp3) is 1.00. The van der Waals surface area contributed by atoms with Gasteiger partial charge in [-0.05, 0) is 0 Å². The monoisotopic (exact) mass is 121 g/mol. The van der Waals surface area contributed by atoms with Crippen LogP contribution < -0.4 is 5.32 Å². The standard InChI is InChI=1S/C3H7NS.S/c1-2-5-3-4-1;/h4H,1-3H2;. The molecule has 2 radical (unpaired) electrons. The van der Waals surface area contributed by atoms with E-state index < -0.39 is 0 Å². The Hall–Kier alpha value is 0.660. The Morgan fingerprint density at radius 1 is 1.50 bits per heavy atom. The fourth-order valence-corrected chi connectivity index (χ4v) is 1.08. The first-order chi connectivity index (χ1) is 2.50. The van der Waals surface area contributed by atoms with Crippen molar-refractivity contribution in [2.24, 2.45) is 0 Å². The summed E-state index contributed by atoms with van der Waals surface area (Å²) in [4.78, 5) is 0. The Morgan fingerprint density at radius 3 is 2.50 bits per heavy atom. The molecule has 1 fully saturated rings. The minimum Gasteiger partial charge on any atom is -0.307 e. The number of rotatable bonds is 0. The van der Waals surface area contributed by atoms with E-state index in [-0.39, 0.29) is 13.5 Å². The van der Waals surface area contributed by atoms with Gasteiger partial charge in [-0.1, -0.05) is 0 Å². The molecule has 1 aliphatic rings. The van der Waals surface area contributed by atoms with Gasteiger partial charge in [0.1, 0.15) is 0 Å². The van der Waals surface area contributed by atoms with Gasteiger partial charge >= 0.3 is 0 Å². The van der Waals surface area contributed by atoms with E-state index in [4.69, 9.17) is 0 Å². The molecule has 1 aliphatic heterocycles. The van der Waals surface area contributed by atoms with E-state index in [1.165, 1.54) is 18.2 Å². The highest BCUT2D eigenvalue weighted by molar-refractivity contribution is 7.99. The summed E-state index contributed by atoms with van der Waals surface area (Å²) in [5.74, 6) is 2.47. The topological polar surface area (TPSA) is 12.0 Å². The van der Waals surface area contributed by atoms with Crippen LogP contribution in [0.25, 0.3) is 0 Å². The highest BCUT2D eigenvalue weighted by Crippen LogP contribution is 1.99. The van der Waals surface area contributed by atoms with E-state index in [9.17, 15) is 0 Å². The molecular weight excluding hydrogens is 114 g/mol. The minimum absolute atomic E-state index is 0. The fourth-order valence-electron chi connectivity index (χ4n) is 0.361. The summed E-state index contributed by atoms with van der Waals surface area (Å²) in [7, 11) is 0. The van der Waals surface area contributed by atoms with Crippen molar-refractivity contribution in [3.63, 3.8) is 0 Å². The molecule has 36 valence electrons. The Morgan fingerprint density at radius 2 is 2.33 bits per heavy atom. The first kappa shape index (κ1) is 6.66. The Kier molecular flexibility index (Phi) is 4.26. The second-order valence-electron chi connectivity index (χ2n) is 1.05. The molecule has 0 aliphatic carbocycles. The molecule has 0 spiro atoms. The largest absolute Gasteiger partial charge is 0.307 e. The van der Waals surface area contributed by atoms with Crippen molar-refractivity contribution >= 4 is 25.3 Å². The molecule has 0 aromatic rings. The molecule has 0 saturated carbocycles. The summed E-state index contributed by atoms with van der Waals surface area (Å²) in [6, 6.07) is 0. The zero-order chi connectivity index (χ0) is 3.54. The summed E-state index contributed by atoms with van der Waals surface area (Å²) in [5.41, 5.74) is 0. The second-order valence-corrected chi connectivity index (χ2v) is 2.16. The van der Waals surface area contributed by atoms with Crippen LogP contribution in [-0.2, 0) is 0 Å². The quantitative estimate of drug-likeness (QED) is 0.511. The third kappa shape index (κ3) is 1.95. The van der Waals surface area contributed by atoms with Gasteiger partial charge in [0.05, 0.1) is 0 Å². The van der Waals surface area contributed by atoms with Crippen molar-refractivity contribution < 1.29 is 0 Å². The van der Waals surface area contributed by atoms with E-state index in [1.807, 2.05) is 11.8 Å². The molecule has 1 heterocycles. The average molecular weight is 121 g/mol. The van der Waals surface area contributed by atoms with Crippen LogP contribution in [0.2, 0.25) is 0 Å². The molecule has 3 heteroatoms. The highest BCUT2D eigenvalue weighted by Gasteiger charge is 1.93. The van der Waals surface area contributed by atoms with Crippen molar-refractivity contribution in [2.75, 3.05) is 18.2 Å². The molecule has 0 atom stereocenters. The van der Waals surface area contributed by atoms with Gasteiger partial charge in [0.25, 0.3) is 0 Å². The van der Waals surface area contributed by atoms with Crippen molar-refractivity contribution in [3.8, 4) is 0 Å². The van der Waals surface area contributed by atoms with Gasteiger partial charge in [-0.3, -0.25) is 0 Å². The van der Waals surface area contributed by atoms with Crippen LogP contribution in [0.1, 0.15) is 0 Å². The first-order valence-electron chi connectivity index (χ1n) is 1.78. The van der Waals surface area contributed by atoms with Gasteiger partial charge in [-0.25, -0.2) is 0 Å². The lowest BCUT2D eigenvalue weighted by atomic mass is 10.8. The lowest BCUT2D eigenvalue weighted by molar-refractivity contribution is 0.885. The molecule has 6 heavy (non-hydrogen) atoms. The molecule has 0 unspecified atom stereocenters. The van der Waals surface area contributed by atoms with Crippen LogP contribution in [0.4, 0.5) is 0 Å². The van der Waals surface area contributed by atoms with E-state index >= 15 is 0 Å². The van der Waals surface area contributed by atoms with Crippen LogP contribution in [0, 0.1) is 0 Å². The highest BCUT2D eigenvalue weighted by atomic mass is 32.2. The Labute approximate surface area is 49.3 Å². The molecule has 1 nitrogen and oxygen atoms in total. The molecule has 0 amide bonds. The molecule has 0 aromatic heterocycles. The summed E-state index contributed by atoms with van der Waals surface area (Å²) in [6.07, 6.45) is 0. The third-order valence-electron chi connectivity index (χ3n) is 0.627. The minimum atomic E-state index is 0.